The van der Waals surface area contributed by atoms with Crippen molar-refractivity contribution in [2.45, 2.75) is 90.8 Å². The van der Waals surface area contributed by atoms with Gasteiger partial charge >= 0.3 is 0 Å². The Morgan fingerprint density at radius 3 is 2.12 bits per heavy atom. The van der Waals surface area contributed by atoms with E-state index in [1.54, 1.807) is 7.11 Å². The van der Waals surface area contributed by atoms with E-state index in [1.165, 1.54) is 44.1 Å². The first kappa shape index (κ1) is 21.1. The largest absolute Gasteiger partial charge is 0.541 e. The van der Waals surface area contributed by atoms with Gasteiger partial charge in [-0.05, 0) is 48.7 Å². The van der Waals surface area contributed by atoms with Crippen molar-refractivity contribution in [1.29, 1.82) is 0 Å². The SMILES string of the molecule is CCCCCCCCc1ccc(O[Si](C)(C)C(C)(C)C)c(OC)c1. The fraction of sp³-hybridized carbons (Fsp3) is 0.714. The molecule has 1 aromatic carbocycles. The minimum absolute atomic E-state index is 0.190. The lowest BCUT2D eigenvalue weighted by Gasteiger charge is -2.36. The maximum absolute atomic E-state index is 6.43. The molecule has 0 radical (unpaired) electrons. The molecule has 0 aliphatic carbocycles. The fourth-order valence-electron chi connectivity index (χ4n) is 2.49. The average Bonchev–Trinajstić information content (AvgIpc) is 2.50. The molecule has 1 aromatic rings. The van der Waals surface area contributed by atoms with Gasteiger partial charge in [0.15, 0.2) is 5.75 Å². The van der Waals surface area contributed by atoms with Crippen molar-refractivity contribution in [3.63, 3.8) is 0 Å². The summed E-state index contributed by atoms with van der Waals surface area (Å²) in [6, 6.07) is 6.47. The molecule has 0 aromatic heterocycles. The molecule has 0 atom stereocenters. The smallest absolute Gasteiger partial charge is 0.250 e. The number of methoxy groups -OCH3 is 1. The van der Waals surface area contributed by atoms with E-state index in [2.05, 4.69) is 59.0 Å². The number of hydrogen-bond donors (Lipinski definition) is 0. The minimum atomic E-state index is -1.83. The van der Waals surface area contributed by atoms with E-state index < -0.39 is 8.32 Å². The molecule has 0 unspecified atom stereocenters. The van der Waals surface area contributed by atoms with Crippen LogP contribution in [0.3, 0.4) is 0 Å². The van der Waals surface area contributed by atoms with Gasteiger partial charge in [0.25, 0.3) is 8.32 Å². The van der Waals surface area contributed by atoms with Crippen molar-refractivity contribution in [2.24, 2.45) is 0 Å². The van der Waals surface area contributed by atoms with Crippen LogP contribution in [-0.2, 0) is 6.42 Å². The molecule has 0 aliphatic heterocycles. The molecular weight excluding hydrogens is 312 g/mol. The predicted molar refractivity (Wildman–Crippen MR) is 108 cm³/mol. The van der Waals surface area contributed by atoms with Crippen molar-refractivity contribution in [2.75, 3.05) is 7.11 Å². The van der Waals surface area contributed by atoms with E-state index in [-0.39, 0.29) is 5.04 Å². The highest BCUT2D eigenvalue weighted by atomic mass is 28.4. The summed E-state index contributed by atoms with van der Waals surface area (Å²) in [6.07, 6.45) is 9.12. The summed E-state index contributed by atoms with van der Waals surface area (Å²) in [5.74, 6) is 1.78. The Morgan fingerprint density at radius 2 is 1.54 bits per heavy atom. The third-order valence-corrected chi connectivity index (χ3v) is 9.56. The molecule has 138 valence electrons. The number of ether oxygens (including phenoxy) is 1. The zero-order chi connectivity index (χ0) is 18.2. The summed E-state index contributed by atoms with van der Waals surface area (Å²) < 4.78 is 12.0. The molecule has 24 heavy (non-hydrogen) atoms. The molecule has 0 amide bonds. The first-order valence-corrected chi connectivity index (χ1v) is 12.5. The van der Waals surface area contributed by atoms with Crippen LogP contribution in [0.4, 0.5) is 0 Å². The molecule has 0 spiro atoms. The third kappa shape index (κ3) is 6.50. The van der Waals surface area contributed by atoms with Crippen LogP contribution in [0, 0.1) is 0 Å². The van der Waals surface area contributed by atoms with Crippen molar-refractivity contribution in [3.8, 4) is 11.5 Å². The second kappa shape index (κ2) is 9.50. The van der Waals surface area contributed by atoms with Crippen molar-refractivity contribution < 1.29 is 9.16 Å². The minimum Gasteiger partial charge on any atom is -0.541 e. The van der Waals surface area contributed by atoms with Crippen LogP contribution in [0.15, 0.2) is 18.2 Å². The molecular formula is C21H38O2Si. The second-order valence-electron chi connectivity index (χ2n) is 8.37. The van der Waals surface area contributed by atoms with Gasteiger partial charge in [-0.3, -0.25) is 0 Å². The van der Waals surface area contributed by atoms with Crippen LogP contribution in [0.2, 0.25) is 18.1 Å². The maximum Gasteiger partial charge on any atom is 0.250 e. The van der Waals surface area contributed by atoms with Gasteiger partial charge in [0.1, 0.15) is 5.75 Å². The Hall–Kier alpha value is -0.963. The Bertz CT molecular complexity index is 489. The molecule has 0 heterocycles. The highest BCUT2D eigenvalue weighted by Gasteiger charge is 2.39. The van der Waals surface area contributed by atoms with Gasteiger partial charge in [0.05, 0.1) is 7.11 Å². The lowest BCUT2D eigenvalue weighted by Crippen LogP contribution is -2.43. The van der Waals surface area contributed by atoms with E-state index in [0.29, 0.717) is 0 Å². The van der Waals surface area contributed by atoms with Crippen molar-refractivity contribution in [1.82, 2.24) is 0 Å². The molecule has 0 saturated carbocycles. The predicted octanol–water partition coefficient (Wildman–Crippen LogP) is 6.98. The van der Waals surface area contributed by atoms with Gasteiger partial charge in [0, 0.05) is 0 Å². The van der Waals surface area contributed by atoms with E-state index in [0.717, 1.165) is 17.9 Å². The number of unbranched alkanes of at least 4 members (excludes halogenated alkanes) is 5. The zero-order valence-electron chi connectivity index (χ0n) is 17.0. The van der Waals surface area contributed by atoms with Crippen LogP contribution >= 0.6 is 0 Å². The van der Waals surface area contributed by atoms with E-state index in [4.69, 9.17) is 9.16 Å². The van der Waals surface area contributed by atoms with Gasteiger partial charge in [-0.25, -0.2) is 0 Å². The summed E-state index contributed by atoms with van der Waals surface area (Å²) in [6.45, 7) is 13.6. The molecule has 1 rings (SSSR count). The van der Waals surface area contributed by atoms with Crippen LogP contribution in [0.1, 0.15) is 71.8 Å². The number of aryl methyl sites for hydroxylation is 1. The lowest BCUT2D eigenvalue weighted by molar-refractivity contribution is 0.385. The standard InChI is InChI=1S/C21H38O2Si/c1-8-9-10-11-12-13-14-18-15-16-19(20(17-18)22-5)23-24(6,7)21(2,3)4/h15-17H,8-14H2,1-7H3. The molecule has 0 bridgehead atoms. The Labute approximate surface area is 151 Å². The highest BCUT2D eigenvalue weighted by Crippen LogP contribution is 2.40. The number of hydrogen-bond acceptors (Lipinski definition) is 2. The summed E-state index contributed by atoms with van der Waals surface area (Å²) in [7, 11) is -0.0964. The summed E-state index contributed by atoms with van der Waals surface area (Å²) in [5.41, 5.74) is 1.35. The van der Waals surface area contributed by atoms with Crippen LogP contribution in [0.25, 0.3) is 0 Å². The summed E-state index contributed by atoms with van der Waals surface area (Å²) >= 11 is 0. The molecule has 3 heteroatoms. The van der Waals surface area contributed by atoms with Crippen molar-refractivity contribution >= 4 is 8.32 Å². The number of benzene rings is 1. The van der Waals surface area contributed by atoms with Crippen LogP contribution < -0.4 is 9.16 Å². The average molecular weight is 351 g/mol. The topological polar surface area (TPSA) is 18.5 Å². The Morgan fingerprint density at radius 1 is 0.917 bits per heavy atom. The second-order valence-corrected chi connectivity index (χ2v) is 13.1. The van der Waals surface area contributed by atoms with Gasteiger partial charge in [-0.15, -0.1) is 0 Å². The first-order valence-electron chi connectivity index (χ1n) is 9.57. The molecule has 0 N–H and O–H groups in total. The van der Waals surface area contributed by atoms with E-state index >= 15 is 0 Å². The molecule has 0 aliphatic rings. The molecule has 2 nitrogen and oxygen atoms in total. The molecule has 0 fully saturated rings. The summed E-state index contributed by atoms with van der Waals surface area (Å²) in [5, 5.41) is 0.190. The van der Waals surface area contributed by atoms with Crippen LogP contribution in [0.5, 0.6) is 11.5 Å². The Kier molecular flexibility index (Phi) is 8.35. The van der Waals surface area contributed by atoms with Gasteiger partial charge in [-0.1, -0.05) is 65.9 Å². The zero-order valence-corrected chi connectivity index (χ0v) is 18.0. The van der Waals surface area contributed by atoms with Crippen LogP contribution in [-0.4, -0.2) is 15.4 Å². The number of rotatable bonds is 10. The maximum atomic E-state index is 6.43. The fourth-order valence-corrected chi connectivity index (χ4v) is 3.51. The monoisotopic (exact) mass is 350 g/mol. The van der Waals surface area contributed by atoms with E-state index in [1.807, 2.05) is 0 Å². The van der Waals surface area contributed by atoms with E-state index in [9.17, 15) is 0 Å². The Balaban J connectivity index is 2.65. The van der Waals surface area contributed by atoms with Gasteiger partial charge in [-0.2, -0.15) is 0 Å². The summed E-state index contributed by atoms with van der Waals surface area (Å²) in [4.78, 5) is 0. The normalized spacial score (nSPS) is 12.3. The highest BCUT2D eigenvalue weighted by molar-refractivity contribution is 6.74. The molecule has 0 saturated heterocycles. The first-order chi connectivity index (χ1) is 11.2. The quantitative estimate of drug-likeness (QED) is 0.334. The van der Waals surface area contributed by atoms with Gasteiger partial charge < -0.3 is 9.16 Å². The lowest BCUT2D eigenvalue weighted by atomic mass is 10.0. The van der Waals surface area contributed by atoms with Gasteiger partial charge in [0.2, 0.25) is 0 Å². The third-order valence-electron chi connectivity index (χ3n) is 5.22. The van der Waals surface area contributed by atoms with Crippen molar-refractivity contribution in [3.05, 3.63) is 23.8 Å².